The maximum atomic E-state index is 12.5. The zero-order valence-corrected chi connectivity index (χ0v) is 13.3. The highest BCUT2D eigenvalue weighted by Crippen LogP contribution is 2.47. The van der Waals surface area contributed by atoms with E-state index in [9.17, 15) is 4.79 Å². The normalized spacial score (nSPS) is 16.2. The molecule has 0 aliphatic carbocycles. The summed E-state index contributed by atoms with van der Waals surface area (Å²) in [7, 11) is 0. The van der Waals surface area contributed by atoms with Crippen molar-refractivity contribution in [3.05, 3.63) is 0 Å². The van der Waals surface area contributed by atoms with Crippen molar-refractivity contribution in [1.82, 2.24) is 5.32 Å². The monoisotopic (exact) mass is 256 g/mol. The van der Waals surface area contributed by atoms with E-state index < -0.39 is 0 Å². The lowest BCUT2D eigenvalue weighted by Gasteiger charge is -2.45. The molecule has 0 heterocycles. The van der Waals surface area contributed by atoms with Crippen LogP contribution in [0, 0.1) is 16.2 Å². The minimum atomic E-state index is -0.373. The molecular formula is C15H32N2O. The third kappa shape index (κ3) is 4.27. The molecule has 0 bridgehead atoms. The summed E-state index contributed by atoms with van der Waals surface area (Å²) in [6.07, 6.45) is 1.96. The van der Waals surface area contributed by atoms with Gasteiger partial charge in [0.2, 0.25) is 5.91 Å². The Morgan fingerprint density at radius 2 is 1.61 bits per heavy atom. The lowest BCUT2D eigenvalue weighted by molar-refractivity contribution is -0.139. The summed E-state index contributed by atoms with van der Waals surface area (Å²) in [5, 5.41) is 2.96. The van der Waals surface area contributed by atoms with Crippen LogP contribution in [0.4, 0.5) is 0 Å². The lowest BCUT2D eigenvalue weighted by Crippen LogP contribution is -2.50. The Hall–Kier alpha value is -0.570. The number of nitrogens with one attached hydrogen (secondary N) is 1. The van der Waals surface area contributed by atoms with Gasteiger partial charge in [0, 0.05) is 13.1 Å². The van der Waals surface area contributed by atoms with Crippen LogP contribution in [0.25, 0.3) is 0 Å². The Morgan fingerprint density at radius 1 is 1.11 bits per heavy atom. The van der Waals surface area contributed by atoms with E-state index in [-0.39, 0.29) is 22.2 Å². The van der Waals surface area contributed by atoms with Crippen LogP contribution in [-0.4, -0.2) is 19.0 Å². The first-order valence-corrected chi connectivity index (χ1v) is 6.98. The molecule has 0 aliphatic rings. The van der Waals surface area contributed by atoms with Crippen molar-refractivity contribution < 1.29 is 4.79 Å². The standard InChI is InChI=1S/C15H32N2O/c1-8-14(5,6)11-15(7,13(2,3)4)12(18)17-10-9-16/h8-11,16H2,1-7H3,(H,17,18). The second kappa shape index (κ2) is 6.05. The minimum Gasteiger partial charge on any atom is -0.354 e. The van der Waals surface area contributed by atoms with Gasteiger partial charge in [0.25, 0.3) is 0 Å². The Morgan fingerprint density at radius 3 is 1.94 bits per heavy atom. The van der Waals surface area contributed by atoms with Crippen molar-refractivity contribution in [3.63, 3.8) is 0 Å². The van der Waals surface area contributed by atoms with Crippen molar-refractivity contribution in [3.8, 4) is 0 Å². The maximum Gasteiger partial charge on any atom is 0.226 e. The number of rotatable bonds is 6. The average molecular weight is 256 g/mol. The number of carbonyl (C=O) groups is 1. The van der Waals surface area contributed by atoms with Crippen molar-refractivity contribution in [2.24, 2.45) is 22.0 Å². The van der Waals surface area contributed by atoms with E-state index in [1.165, 1.54) is 0 Å². The molecule has 0 saturated carbocycles. The molecule has 0 aromatic rings. The lowest BCUT2D eigenvalue weighted by atomic mass is 9.60. The minimum absolute atomic E-state index is 0.0713. The van der Waals surface area contributed by atoms with E-state index in [1.807, 2.05) is 0 Å². The second-order valence-corrected chi connectivity index (χ2v) is 7.32. The first-order chi connectivity index (χ1) is 8.00. The van der Waals surface area contributed by atoms with Gasteiger partial charge in [-0.2, -0.15) is 0 Å². The molecule has 0 aromatic heterocycles. The van der Waals surface area contributed by atoms with Gasteiger partial charge in [0.15, 0.2) is 0 Å². The fraction of sp³-hybridized carbons (Fsp3) is 0.933. The number of nitrogens with two attached hydrogens (primary N) is 1. The third-order valence-corrected chi connectivity index (χ3v) is 4.38. The smallest absolute Gasteiger partial charge is 0.226 e. The van der Waals surface area contributed by atoms with Crippen LogP contribution >= 0.6 is 0 Å². The first-order valence-electron chi connectivity index (χ1n) is 6.98. The summed E-state index contributed by atoms with van der Waals surface area (Å²) >= 11 is 0. The summed E-state index contributed by atoms with van der Waals surface area (Å²) in [5.41, 5.74) is 5.19. The molecule has 0 radical (unpaired) electrons. The van der Waals surface area contributed by atoms with Crippen LogP contribution in [0.1, 0.15) is 61.3 Å². The highest BCUT2D eigenvalue weighted by Gasteiger charge is 2.46. The van der Waals surface area contributed by atoms with E-state index in [0.717, 1.165) is 12.8 Å². The Labute approximate surface area is 113 Å². The molecule has 0 aliphatic heterocycles. The molecule has 1 unspecified atom stereocenters. The quantitative estimate of drug-likeness (QED) is 0.767. The van der Waals surface area contributed by atoms with Crippen molar-refractivity contribution in [2.75, 3.05) is 13.1 Å². The third-order valence-electron chi connectivity index (χ3n) is 4.38. The summed E-state index contributed by atoms with van der Waals surface area (Å²) in [5.74, 6) is 0.127. The van der Waals surface area contributed by atoms with Crippen LogP contribution in [0.3, 0.4) is 0 Å². The van der Waals surface area contributed by atoms with E-state index in [4.69, 9.17) is 5.73 Å². The fourth-order valence-corrected chi connectivity index (χ4v) is 2.15. The van der Waals surface area contributed by atoms with Gasteiger partial charge in [-0.3, -0.25) is 4.79 Å². The average Bonchev–Trinajstić information content (AvgIpc) is 2.23. The molecule has 108 valence electrons. The zero-order valence-electron chi connectivity index (χ0n) is 13.3. The SMILES string of the molecule is CCC(C)(C)CC(C)(C(=O)NCCN)C(C)(C)C. The predicted octanol–water partition coefficient (Wildman–Crippen LogP) is 2.94. The van der Waals surface area contributed by atoms with Gasteiger partial charge in [0.05, 0.1) is 5.41 Å². The topological polar surface area (TPSA) is 55.1 Å². The largest absolute Gasteiger partial charge is 0.354 e. The first kappa shape index (κ1) is 17.4. The maximum absolute atomic E-state index is 12.5. The molecule has 1 atom stereocenters. The molecule has 0 spiro atoms. The van der Waals surface area contributed by atoms with Crippen LogP contribution in [0.2, 0.25) is 0 Å². The number of hydrogen-bond acceptors (Lipinski definition) is 2. The molecule has 0 aromatic carbocycles. The summed E-state index contributed by atoms with van der Waals surface area (Å²) in [6.45, 7) is 16.2. The van der Waals surface area contributed by atoms with E-state index in [1.54, 1.807) is 0 Å². The van der Waals surface area contributed by atoms with Crippen molar-refractivity contribution in [2.45, 2.75) is 61.3 Å². The van der Waals surface area contributed by atoms with Crippen LogP contribution < -0.4 is 11.1 Å². The Kier molecular flexibility index (Phi) is 5.86. The molecule has 18 heavy (non-hydrogen) atoms. The summed E-state index contributed by atoms with van der Waals surface area (Å²) in [6, 6.07) is 0. The van der Waals surface area contributed by atoms with Gasteiger partial charge in [-0.15, -0.1) is 0 Å². The molecular weight excluding hydrogens is 224 g/mol. The Balaban J connectivity index is 5.14. The fourth-order valence-electron chi connectivity index (χ4n) is 2.15. The van der Waals surface area contributed by atoms with Crippen LogP contribution in [-0.2, 0) is 4.79 Å². The summed E-state index contributed by atoms with van der Waals surface area (Å²) in [4.78, 5) is 12.5. The van der Waals surface area contributed by atoms with Gasteiger partial charge in [-0.25, -0.2) is 0 Å². The number of hydrogen-bond donors (Lipinski definition) is 2. The van der Waals surface area contributed by atoms with Gasteiger partial charge >= 0.3 is 0 Å². The molecule has 3 nitrogen and oxygen atoms in total. The highest BCUT2D eigenvalue weighted by molar-refractivity contribution is 5.83. The van der Waals surface area contributed by atoms with Crippen LogP contribution in [0.15, 0.2) is 0 Å². The molecule has 3 N–H and O–H groups in total. The Bertz CT molecular complexity index is 279. The number of carbonyl (C=O) groups excluding carboxylic acids is 1. The second-order valence-electron chi connectivity index (χ2n) is 7.32. The molecule has 1 amide bonds. The van der Waals surface area contributed by atoms with E-state index in [0.29, 0.717) is 13.1 Å². The van der Waals surface area contributed by atoms with Gasteiger partial charge in [-0.1, -0.05) is 54.9 Å². The zero-order chi connectivity index (χ0) is 14.6. The summed E-state index contributed by atoms with van der Waals surface area (Å²) < 4.78 is 0. The number of amides is 1. The van der Waals surface area contributed by atoms with Crippen molar-refractivity contribution >= 4 is 5.91 Å². The van der Waals surface area contributed by atoms with Gasteiger partial charge in [0.1, 0.15) is 0 Å². The molecule has 3 heteroatoms. The molecule has 0 saturated heterocycles. The van der Waals surface area contributed by atoms with Crippen LogP contribution in [0.5, 0.6) is 0 Å². The molecule has 0 fully saturated rings. The van der Waals surface area contributed by atoms with E-state index in [2.05, 4.69) is 53.8 Å². The van der Waals surface area contributed by atoms with Gasteiger partial charge in [-0.05, 0) is 17.3 Å². The molecule has 0 rings (SSSR count). The predicted molar refractivity (Wildman–Crippen MR) is 78.3 cm³/mol. The highest BCUT2D eigenvalue weighted by atomic mass is 16.2. The van der Waals surface area contributed by atoms with Crippen molar-refractivity contribution in [1.29, 1.82) is 0 Å². The van der Waals surface area contributed by atoms with Gasteiger partial charge < -0.3 is 11.1 Å². The van der Waals surface area contributed by atoms with E-state index >= 15 is 0 Å².